The third-order valence-electron chi connectivity index (χ3n) is 2.40. The third-order valence-corrected chi connectivity index (χ3v) is 2.40. The number of nitrogens with one attached hydrogen (secondary N) is 1. The summed E-state index contributed by atoms with van der Waals surface area (Å²) in [6, 6.07) is -0.958. The molecule has 2 atom stereocenters. The summed E-state index contributed by atoms with van der Waals surface area (Å²) in [5, 5.41) is 33.5. The second-order valence-corrected chi connectivity index (χ2v) is 4.68. The van der Waals surface area contributed by atoms with Gasteiger partial charge >= 0.3 is 19.6 Å². The molecule has 1 rings (SSSR count). The first kappa shape index (κ1) is 21.1. The maximum atomic E-state index is 10.1. The molecule has 0 amide bonds. The Hall–Kier alpha value is -1.16. The molecular formula is C11H24BN2O6. The zero-order valence-electron chi connectivity index (χ0n) is 11.8. The molecule has 0 aromatic carbocycles. The van der Waals surface area contributed by atoms with Crippen LogP contribution >= 0.6 is 0 Å². The summed E-state index contributed by atoms with van der Waals surface area (Å²) in [7, 11) is 0. The van der Waals surface area contributed by atoms with Crippen LogP contribution in [-0.2, 0) is 9.59 Å². The molecule has 1 fully saturated rings. The Balaban J connectivity index is 0. The molecule has 8 nitrogen and oxygen atoms in total. The molecule has 0 bridgehead atoms. The van der Waals surface area contributed by atoms with Gasteiger partial charge in [0.05, 0.1) is 0 Å². The molecule has 1 saturated heterocycles. The minimum atomic E-state index is -0.913. The lowest BCUT2D eigenvalue weighted by Gasteiger charge is -2.07. The molecule has 1 aliphatic rings. The van der Waals surface area contributed by atoms with Crippen LogP contribution < -0.4 is 11.1 Å². The topological polar surface area (TPSA) is 153 Å². The van der Waals surface area contributed by atoms with Crippen LogP contribution in [0.1, 0.15) is 33.1 Å². The maximum Gasteiger partial charge on any atom is 0.482 e. The highest BCUT2D eigenvalue weighted by molar-refractivity contribution is 6.13. The summed E-state index contributed by atoms with van der Waals surface area (Å²) >= 11 is 0. The molecule has 1 radical (unpaired) electrons. The van der Waals surface area contributed by atoms with Gasteiger partial charge in [0.25, 0.3) is 0 Å². The van der Waals surface area contributed by atoms with Crippen LogP contribution in [0.2, 0.25) is 0 Å². The van der Waals surface area contributed by atoms with Crippen molar-refractivity contribution in [1.29, 1.82) is 0 Å². The predicted molar refractivity (Wildman–Crippen MR) is 73.9 cm³/mol. The Morgan fingerprint density at radius 3 is 2.00 bits per heavy atom. The summed E-state index contributed by atoms with van der Waals surface area (Å²) in [4.78, 5) is 20.2. The van der Waals surface area contributed by atoms with E-state index in [9.17, 15) is 9.59 Å². The van der Waals surface area contributed by atoms with Gasteiger partial charge in [-0.2, -0.15) is 0 Å². The molecule has 9 heteroatoms. The smallest absolute Gasteiger partial charge is 0.480 e. The number of nitrogens with two attached hydrogens (primary N) is 1. The first-order valence-electron chi connectivity index (χ1n) is 6.30. The highest BCUT2D eigenvalue weighted by Crippen LogP contribution is 2.03. The van der Waals surface area contributed by atoms with Crippen LogP contribution in [0.4, 0.5) is 0 Å². The number of rotatable bonds is 4. The van der Waals surface area contributed by atoms with Crippen LogP contribution in [0.25, 0.3) is 0 Å². The van der Waals surface area contributed by atoms with Crippen molar-refractivity contribution in [1.82, 2.24) is 5.32 Å². The zero-order valence-corrected chi connectivity index (χ0v) is 11.8. The normalized spacial score (nSPS) is 18.2. The Morgan fingerprint density at radius 1 is 1.35 bits per heavy atom. The average Bonchev–Trinajstić information content (AvgIpc) is 2.83. The summed E-state index contributed by atoms with van der Waals surface area (Å²) < 4.78 is 0. The molecule has 0 saturated carbocycles. The lowest BCUT2D eigenvalue weighted by atomic mass is 10.1. The maximum absolute atomic E-state index is 10.1. The van der Waals surface area contributed by atoms with Gasteiger partial charge in [-0.3, -0.25) is 9.59 Å². The van der Waals surface area contributed by atoms with Gasteiger partial charge in [0.2, 0.25) is 0 Å². The summed E-state index contributed by atoms with van der Waals surface area (Å²) in [6.45, 7) is 4.75. The van der Waals surface area contributed by atoms with Crippen LogP contribution in [0.15, 0.2) is 0 Å². The molecule has 0 aromatic heterocycles. The zero-order chi connectivity index (χ0) is 16.1. The number of carbonyl (C=O) groups is 2. The quantitative estimate of drug-likeness (QED) is 0.352. The van der Waals surface area contributed by atoms with Gasteiger partial charge < -0.3 is 31.3 Å². The second-order valence-electron chi connectivity index (χ2n) is 4.68. The van der Waals surface area contributed by atoms with E-state index in [4.69, 9.17) is 26.0 Å². The molecule has 0 unspecified atom stereocenters. The summed E-state index contributed by atoms with van der Waals surface area (Å²) in [6.07, 6.45) is 2.33. The van der Waals surface area contributed by atoms with Crippen molar-refractivity contribution in [3.8, 4) is 0 Å². The number of hydrogen-bond acceptors (Lipinski definition) is 6. The number of aliphatic carboxylic acids is 2. The van der Waals surface area contributed by atoms with Gasteiger partial charge in [-0.05, 0) is 31.7 Å². The van der Waals surface area contributed by atoms with Gasteiger partial charge in [-0.15, -0.1) is 0 Å². The number of carboxylic acid groups (broad SMARTS) is 2. The molecule has 0 aromatic rings. The molecule has 7 N–H and O–H groups in total. The minimum Gasteiger partial charge on any atom is -0.480 e. The molecule has 1 aliphatic heterocycles. The van der Waals surface area contributed by atoms with E-state index in [-0.39, 0.29) is 13.7 Å². The monoisotopic (exact) mass is 291 g/mol. The van der Waals surface area contributed by atoms with Crippen molar-refractivity contribution >= 4 is 19.6 Å². The van der Waals surface area contributed by atoms with Crippen LogP contribution in [0, 0.1) is 5.92 Å². The SMILES string of the molecule is CC(C)C[C@H](N)C(=O)O.O=C(O)[C@@H]1CCCN1.O[B]O. The second kappa shape index (κ2) is 12.9. The minimum absolute atomic E-state index is 0. The van der Waals surface area contributed by atoms with Gasteiger partial charge in [0.15, 0.2) is 0 Å². The predicted octanol–water partition coefficient (Wildman–Crippen LogP) is -1.23. The summed E-state index contributed by atoms with van der Waals surface area (Å²) in [5.41, 5.74) is 5.22. The Bertz CT molecular complexity index is 272. The molecule has 1 heterocycles. The Kier molecular flexibility index (Phi) is 13.6. The fourth-order valence-corrected chi connectivity index (χ4v) is 1.50. The molecule has 0 spiro atoms. The summed E-state index contributed by atoms with van der Waals surface area (Å²) in [5.74, 6) is -1.28. The fourth-order valence-electron chi connectivity index (χ4n) is 1.50. The van der Waals surface area contributed by atoms with Crippen molar-refractivity contribution in [2.75, 3.05) is 6.54 Å². The van der Waals surface area contributed by atoms with E-state index >= 15 is 0 Å². The van der Waals surface area contributed by atoms with E-state index in [2.05, 4.69) is 5.32 Å². The molecular weight excluding hydrogens is 267 g/mol. The van der Waals surface area contributed by atoms with E-state index in [1.165, 1.54) is 0 Å². The highest BCUT2D eigenvalue weighted by atomic mass is 16.4. The van der Waals surface area contributed by atoms with Crippen LogP contribution in [0.3, 0.4) is 0 Å². The average molecular weight is 291 g/mol. The molecule has 20 heavy (non-hydrogen) atoms. The molecule has 0 aliphatic carbocycles. The largest absolute Gasteiger partial charge is 0.482 e. The van der Waals surface area contributed by atoms with Gasteiger partial charge in [-0.25, -0.2) is 0 Å². The van der Waals surface area contributed by atoms with Crippen LogP contribution in [-0.4, -0.2) is 58.5 Å². The van der Waals surface area contributed by atoms with Gasteiger partial charge in [0.1, 0.15) is 12.1 Å². The van der Waals surface area contributed by atoms with Crippen molar-refractivity contribution in [3.05, 3.63) is 0 Å². The van der Waals surface area contributed by atoms with E-state index in [1.807, 2.05) is 13.8 Å². The Morgan fingerprint density at radius 2 is 1.85 bits per heavy atom. The Labute approximate surface area is 119 Å². The standard InChI is InChI=1S/C6H13NO2.C5H9NO2.BH2O2/c1-4(2)3-5(7)6(8)9;7-5(8)4-2-1-3-6-4;2-1-3/h4-5H,3,7H2,1-2H3,(H,8,9);4,6H,1-3H2,(H,7,8);2-3H/t5-;4-;/m00./s1. The van der Waals surface area contributed by atoms with E-state index in [1.54, 1.807) is 0 Å². The van der Waals surface area contributed by atoms with Crippen molar-refractivity contribution < 1.29 is 29.9 Å². The van der Waals surface area contributed by atoms with Crippen molar-refractivity contribution in [2.24, 2.45) is 11.7 Å². The fraction of sp³-hybridized carbons (Fsp3) is 0.818. The van der Waals surface area contributed by atoms with E-state index < -0.39 is 18.0 Å². The number of hydrogen-bond donors (Lipinski definition) is 6. The van der Waals surface area contributed by atoms with Crippen LogP contribution in [0.5, 0.6) is 0 Å². The third kappa shape index (κ3) is 13.3. The van der Waals surface area contributed by atoms with E-state index in [0.717, 1.165) is 19.4 Å². The first-order chi connectivity index (χ1) is 9.26. The first-order valence-corrected chi connectivity index (χ1v) is 6.30. The van der Waals surface area contributed by atoms with Gasteiger partial charge in [-0.1, -0.05) is 13.8 Å². The lowest BCUT2D eigenvalue weighted by Crippen LogP contribution is -2.31. The highest BCUT2D eigenvalue weighted by Gasteiger charge is 2.20. The van der Waals surface area contributed by atoms with E-state index in [0.29, 0.717) is 12.3 Å². The van der Waals surface area contributed by atoms with Crippen molar-refractivity contribution in [3.63, 3.8) is 0 Å². The lowest BCUT2D eigenvalue weighted by molar-refractivity contribution is -0.139. The van der Waals surface area contributed by atoms with Gasteiger partial charge in [0, 0.05) is 0 Å². The number of carboxylic acids is 2. The van der Waals surface area contributed by atoms with Crippen molar-refractivity contribution in [2.45, 2.75) is 45.2 Å². The molecule has 117 valence electrons.